The van der Waals surface area contributed by atoms with Crippen molar-refractivity contribution in [1.29, 1.82) is 0 Å². The molecule has 0 radical (unpaired) electrons. The van der Waals surface area contributed by atoms with Crippen molar-refractivity contribution < 1.29 is 9.31 Å². The predicted molar refractivity (Wildman–Crippen MR) is 45.2 cm³/mol. The summed E-state index contributed by atoms with van der Waals surface area (Å²) in [5.74, 6) is -0.757. The van der Waals surface area contributed by atoms with Gasteiger partial charge in [0, 0.05) is 18.3 Å². The molecule has 0 fully saturated rings. The maximum absolute atomic E-state index is 13.0. The Kier molecular flexibility index (Phi) is 1.65. The van der Waals surface area contributed by atoms with Crippen LogP contribution in [0.3, 0.4) is 0 Å². The van der Waals surface area contributed by atoms with Crippen molar-refractivity contribution in [3.05, 3.63) is 33.6 Å². The van der Waals surface area contributed by atoms with Crippen LogP contribution in [0.25, 0.3) is 0 Å². The van der Waals surface area contributed by atoms with Crippen LogP contribution in [0.4, 0.5) is 15.8 Å². The first-order valence-corrected chi connectivity index (χ1v) is 3.89. The average molecular weight is 182 g/mol. The summed E-state index contributed by atoms with van der Waals surface area (Å²) >= 11 is 0. The Morgan fingerprint density at radius 3 is 3.00 bits per heavy atom. The zero-order chi connectivity index (χ0) is 9.42. The molecule has 0 atom stereocenters. The summed E-state index contributed by atoms with van der Waals surface area (Å²) < 4.78 is 13.0. The Balaban J connectivity index is 2.55. The van der Waals surface area contributed by atoms with E-state index in [-0.39, 0.29) is 0 Å². The molecule has 5 heteroatoms. The Hall–Kier alpha value is -1.65. The minimum absolute atomic E-state index is 0.465. The van der Waals surface area contributed by atoms with Gasteiger partial charge in [0.15, 0.2) is 0 Å². The first-order valence-electron chi connectivity index (χ1n) is 3.89. The highest BCUT2D eigenvalue weighted by Gasteiger charge is 2.20. The molecule has 1 heterocycles. The molecule has 0 bridgehead atoms. The molecule has 1 aliphatic heterocycles. The van der Waals surface area contributed by atoms with Crippen molar-refractivity contribution in [3.8, 4) is 0 Å². The van der Waals surface area contributed by atoms with Gasteiger partial charge in [0.05, 0.1) is 4.92 Å². The largest absolute Gasteiger partial charge is 0.384 e. The van der Waals surface area contributed by atoms with Crippen LogP contribution < -0.4 is 5.32 Å². The summed E-state index contributed by atoms with van der Waals surface area (Å²) in [6.45, 7) is 0.718. The number of hydrogen-bond acceptors (Lipinski definition) is 3. The smallest absolute Gasteiger partial charge is 0.306 e. The lowest BCUT2D eigenvalue weighted by atomic mass is 10.1. The third-order valence-corrected chi connectivity index (χ3v) is 2.08. The number of nitrogens with zero attached hydrogens (tertiary/aromatic N) is 1. The Labute approximate surface area is 73.5 Å². The van der Waals surface area contributed by atoms with Crippen LogP contribution in [0.1, 0.15) is 5.56 Å². The van der Waals surface area contributed by atoms with E-state index in [1.165, 1.54) is 12.1 Å². The van der Waals surface area contributed by atoms with Crippen LogP contribution in [0, 0.1) is 15.9 Å². The topological polar surface area (TPSA) is 55.2 Å². The van der Waals surface area contributed by atoms with Crippen molar-refractivity contribution in [2.75, 3.05) is 11.9 Å². The molecular weight excluding hydrogens is 175 g/mol. The lowest BCUT2D eigenvalue weighted by Gasteiger charge is -1.99. The molecule has 0 amide bonds. The zero-order valence-corrected chi connectivity index (χ0v) is 6.71. The van der Waals surface area contributed by atoms with Gasteiger partial charge in [0.1, 0.15) is 0 Å². The van der Waals surface area contributed by atoms with Gasteiger partial charge in [-0.3, -0.25) is 10.1 Å². The number of nitrogens with one attached hydrogen (secondary N) is 1. The monoisotopic (exact) mass is 182 g/mol. The SMILES string of the molecule is O=[N+]([O-])c1cc2c(cc1F)CCN2. The van der Waals surface area contributed by atoms with Crippen LogP contribution in [0.5, 0.6) is 0 Å². The molecule has 0 saturated carbocycles. The van der Waals surface area contributed by atoms with E-state index < -0.39 is 16.4 Å². The Morgan fingerprint density at radius 1 is 1.54 bits per heavy atom. The minimum atomic E-state index is -0.757. The summed E-state index contributed by atoms with van der Waals surface area (Å²) in [6, 6.07) is 2.48. The van der Waals surface area contributed by atoms with E-state index in [0.717, 1.165) is 18.5 Å². The van der Waals surface area contributed by atoms with Crippen LogP contribution in [-0.4, -0.2) is 11.5 Å². The first-order chi connectivity index (χ1) is 6.18. The van der Waals surface area contributed by atoms with E-state index in [4.69, 9.17) is 0 Å². The van der Waals surface area contributed by atoms with Crippen molar-refractivity contribution in [1.82, 2.24) is 0 Å². The lowest BCUT2D eigenvalue weighted by molar-refractivity contribution is -0.387. The molecule has 0 aromatic heterocycles. The summed E-state index contributed by atoms with van der Waals surface area (Å²) in [5, 5.41) is 13.3. The molecule has 0 saturated heterocycles. The lowest BCUT2D eigenvalue weighted by Crippen LogP contribution is -1.95. The fourth-order valence-electron chi connectivity index (χ4n) is 1.45. The first kappa shape index (κ1) is 7.97. The van der Waals surface area contributed by atoms with Gasteiger partial charge in [-0.25, -0.2) is 0 Å². The quantitative estimate of drug-likeness (QED) is 0.531. The van der Waals surface area contributed by atoms with Gasteiger partial charge >= 0.3 is 5.69 Å². The van der Waals surface area contributed by atoms with Crippen molar-refractivity contribution >= 4 is 11.4 Å². The summed E-state index contributed by atoms with van der Waals surface area (Å²) in [4.78, 5) is 9.65. The van der Waals surface area contributed by atoms with Gasteiger partial charge in [0.25, 0.3) is 0 Å². The minimum Gasteiger partial charge on any atom is -0.384 e. The fraction of sp³-hybridized carbons (Fsp3) is 0.250. The molecule has 0 aliphatic carbocycles. The summed E-state index contributed by atoms with van der Waals surface area (Å²) in [6.07, 6.45) is 0.726. The van der Waals surface area contributed by atoms with E-state index >= 15 is 0 Å². The molecule has 0 spiro atoms. The Morgan fingerprint density at radius 2 is 2.31 bits per heavy atom. The molecule has 1 N–H and O–H groups in total. The van der Waals surface area contributed by atoms with Crippen LogP contribution in [0.2, 0.25) is 0 Å². The molecule has 2 rings (SSSR count). The van der Waals surface area contributed by atoms with E-state index in [9.17, 15) is 14.5 Å². The second-order valence-corrected chi connectivity index (χ2v) is 2.89. The number of halogens is 1. The van der Waals surface area contributed by atoms with Gasteiger partial charge in [-0.05, 0) is 18.1 Å². The number of benzene rings is 1. The molecule has 0 unspecified atom stereocenters. The van der Waals surface area contributed by atoms with E-state index in [1.807, 2.05) is 0 Å². The second kappa shape index (κ2) is 2.69. The molecule has 1 aromatic rings. The molecule has 1 aromatic carbocycles. The van der Waals surface area contributed by atoms with Crippen LogP contribution >= 0.6 is 0 Å². The number of fused-ring (bicyclic) bond motifs is 1. The summed E-state index contributed by atoms with van der Waals surface area (Å²) in [5.41, 5.74) is 1.02. The average Bonchev–Trinajstić information content (AvgIpc) is 2.48. The zero-order valence-electron chi connectivity index (χ0n) is 6.71. The molecule has 68 valence electrons. The number of hydrogen-bond donors (Lipinski definition) is 1. The predicted octanol–water partition coefficient (Wildman–Crippen LogP) is 1.70. The van der Waals surface area contributed by atoms with Crippen molar-refractivity contribution in [2.45, 2.75) is 6.42 Å². The van der Waals surface area contributed by atoms with E-state index in [2.05, 4.69) is 5.32 Å². The molecule has 1 aliphatic rings. The highest BCUT2D eigenvalue weighted by Crippen LogP contribution is 2.29. The number of anilines is 1. The maximum atomic E-state index is 13.0. The van der Waals surface area contributed by atoms with Gasteiger partial charge < -0.3 is 5.32 Å². The number of nitro groups is 1. The van der Waals surface area contributed by atoms with E-state index in [0.29, 0.717) is 5.69 Å². The molecule has 4 nitrogen and oxygen atoms in total. The van der Waals surface area contributed by atoms with Crippen LogP contribution in [-0.2, 0) is 6.42 Å². The third kappa shape index (κ3) is 1.22. The number of nitro benzene ring substituents is 1. The van der Waals surface area contributed by atoms with Crippen molar-refractivity contribution in [2.24, 2.45) is 0 Å². The van der Waals surface area contributed by atoms with Gasteiger partial charge in [-0.2, -0.15) is 4.39 Å². The molecular formula is C8H7FN2O2. The second-order valence-electron chi connectivity index (χ2n) is 2.89. The Bertz CT molecular complexity index is 379. The fourth-order valence-corrected chi connectivity index (χ4v) is 1.45. The summed E-state index contributed by atoms with van der Waals surface area (Å²) in [7, 11) is 0. The van der Waals surface area contributed by atoms with Crippen LogP contribution in [0.15, 0.2) is 12.1 Å². The van der Waals surface area contributed by atoms with Gasteiger partial charge in [-0.1, -0.05) is 0 Å². The van der Waals surface area contributed by atoms with Crippen molar-refractivity contribution in [3.63, 3.8) is 0 Å². The maximum Gasteiger partial charge on any atom is 0.306 e. The standard InChI is InChI=1S/C8H7FN2O2/c9-6-3-5-1-2-10-7(5)4-8(6)11(12)13/h3-4,10H,1-2H2. The van der Waals surface area contributed by atoms with E-state index in [1.54, 1.807) is 0 Å². The van der Waals surface area contributed by atoms with Gasteiger partial charge in [0.2, 0.25) is 5.82 Å². The highest BCUT2D eigenvalue weighted by molar-refractivity contribution is 5.60. The molecule has 13 heavy (non-hydrogen) atoms. The third-order valence-electron chi connectivity index (χ3n) is 2.08. The highest BCUT2D eigenvalue weighted by atomic mass is 19.1. The number of rotatable bonds is 1. The van der Waals surface area contributed by atoms with Gasteiger partial charge in [-0.15, -0.1) is 0 Å². The normalized spacial score (nSPS) is 13.6.